The summed E-state index contributed by atoms with van der Waals surface area (Å²) < 4.78 is 44.0. The van der Waals surface area contributed by atoms with Crippen molar-refractivity contribution in [2.45, 2.75) is 199 Å². The highest BCUT2D eigenvalue weighted by molar-refractivity contribution is 7.93. The molecule has 0 bridgehead atoms. The average Bonchev–Trinajstić information content (AvgIpc) is 3.49. The van der Waals surface area contributed by atoms with Crippen molar-refractivity contribution in [3.8, 4) is 0 Å². The van der Waals surface area contributed by atoms with Gasteiger partial charge in [-0.05, 0) is 89.6 Å². The number of aliphatic carboxylic acids is 2. The Kier molecular flexibility index (Phi) is 71.7. The molecule has 0 aromatic heterocycles. The third-order valence-corrected chi connectivity index (χ3v) is 13.3. The minimum absolute atomic E-state index is 0.00569. The fourth-order valence-electron chi connectivity index (χ4n) is 7.68. The van der Waals surface area contributed by atoms with Gasteiger partial charge in [0.15, 0.2) is 0 Å². The largest absolute Gasteiger partial charge is 0.480 e. The highest BCUT2D eigenvalue weighted by Crippen LogP contribution is 2.14. The molecule has 0 heterocycles. The van der Waals surface area contributed by atoms with Crippen LogP contribution in [-0.4, -0.2) is 210 Å². The molecule has 2 atom stereocenters. The molecule has 0 aliphatic heterocycles. The first-order chi connectivity index (χ1) is 42.7. The molecule has 0 saturated heterocycles. The molecular formula is C59H114N8O19S2. The van der Waals surface area contributed by atoms with Crippen LogP contribution in [0.25, 0.3) is 0 Å². The van der Waals surface area contributed by atoms with Crippen LogP contribution in [0.5, 0.6) is 0 Å². The maximum absolute atomic E-state index is 12.3. The molecule has 29 heteroatoms. The van der Waals surface area contributed by atoms with Crippen LogP contribution < -0.4 is 42.1 Å². The van der Waals surface area contributed by atoms with Crippen LogP contribution in [0, 0.1) is 0 Å². The number of carboxylic acid groups (broad SMARTS) is 2. The number of hydroxylamine groups is 1. The van der Waals surface area contributed by atoms with E-state index in [2.05, 4.69) is 49.4 Å². The fraction of sp³-hybridized carbons (Fsp3) is 0.847. The van der Waals surface area contributed by atoms with Gasteiger partial charge in [0.2, 0.25) is 35.9 Å². The number of unbranched alkanes of at least 4 members (excludes halogenated alkanes) is 13. The van der Waals surface area contributed by atoms with E-state index >= 15 is 0 Å². The van der Waals surface area contributed by atoms with E-state index in [0.717, 1.165) is 75.6 Å². The highest BCUT2D eigenvalue weighted by Gasteiger charge is 2.21. The van der Waals surface area contributed by atoms with E-state index in [4.69, 9.17) is 43.3 Å². The molecule has 0 spiro atoms. The molecule has 516 valence electrons. The minimum Gasteiger partial charge on any atom is -0.480 e. The van der Waals surface area contributed by atoms with Crippen LogP contribution in [0.3, 0.4) is 0 Å². The normalized spacial score (nSPS) is 11.4. The SMILES string of the molecule is CC(=O)CNO.CCCC(=O)NCCCCC(NS)C(=O)O.O=CNCCCOCCOCCOCCCNC(=O)CCC(=O)NCCCOCCOCCOCCCNC(=O)CCC(NC(=O)CCCCCCCCCCCCCCCSO)C(=O)O. The lowest BCUT2D eigenvalue weighted by atomic mass is 10.0. The van der Waals surface area contributed by atoms with Crippen molar-refractivity contribution < 1.29 is 91.5 Å². The van der Waals surface area contributed by atoms with E-state index in [1.807, 2.05) is 6.92 Å². The standard InChI is InChI=1S/C46H87N5O14S.C10H20N2O3S.C3H7NO2/c52-40-47-23-14-27-60-31-35-64-36-32-62-29-16-25-49-43(54)21-22-44(55)50-26-17-30-63-34-38-65-37-33-61-28-15-24-48-42(53)20-19-41(46(57)58)51-45(56)18-12-10-8-6-4-2-1-3-5-7-9-11-13-39-66-59;1-2-5-9(13)11-7-4-3-6-8(12-16)10(14)15;1-3(5)2-4-6/h40-41,59H,1-39H2,(H,47,52)(H,48,53)(H,49,54)(H,50,55)(H,51,56)(H,57,58);8,12,16H,2-7H2,1H3,(H,11,13)(H,14,15);4,6H,2H2,1H3. The number of thiol groups is 1. The molecule has 0 radical (unpaired) electrons. The highest BCUT2D eigenvalue weighted by atomic mass is 32.2. The number of hydrogen-bond acceptors (Lipinski definition) is 21. The number of nitrogens with one attached hydrogen (secondary N) is 8. The van der Waals surface area contributed by atoms with Crippen molar-refractivity contribution in [2.75, 3.05) is 124 Å². The Bertz CT molecular complexity index is 1700. The number of carbonyl (C=O) groups excluding carboxylic acids is 7. The molecule has 0 rings (SSSR count). The van der Waals surface area contributed by atoms with Crippen LogP contribution in [0.15, 0.2) is 0 Å². The summed E-state index contributed by atoms with van der Waals surface area (Å²) in [6.45, 7) is 11.3. The fourth-order valence-corrected chi connectivity index (χ4v) is 8.26. The summed E-state index contributed by atoms with van der Waals surface area (Å²) in [5.41, 5.74) is 1.72. The summed E-state index contributed by atoms with van der Waals surface area (Å²) in [5.74, 6) is -2.18. The zero-order valence-electron chi connectivity index (χ0n) is 53.0. The number of rotatable bonds is 64. The monoisotopic (exact) mass is 1300 g/mol. The molecule has 2 unspecified atom stereocenters. The average molecular weight is 1300 g/mol. The molecule has 0 aliphatic carbocycles. The lowest BCUT2D eigenvalue weighted by Gasteiger charge is -2.14. The molecule has 0 fully saturated rings. The van der Waals surface area contributed by atoms with Gasteiger partial charge in [0.05, 0.1) is 59.4 Å². The number of ether oxygens (including phenoxy) is 6. The van der Waals surface area contributed by atoms with Gasteiger partial charge in [-0.3, -0.25) is 43.1 Å². The van der Waals surface area contributed by atoms with Crippen molar-refractivity contribution in [3.05, 3.63) is 0 Å². The van der Waals surface area contributed by atoms with Crippen LogP contribution in [0.1, 0.15) is 187 Å². The summed E-state index contributed by atoms with van der Waals surface area (Å²) in [4.78, 5) is 102. The minimum atomic E-state index is -1.15. The molecule has 0 aliphatic rings. The maximum Gasteiger partial charge on any atom is 0.326 e. The molecule has 0 saturated carbocycles. The second-order valence-electron chi connectivity index (χ2n) is 20.5. The summed E-state index contributed by atoms with van der Waals surface area (Å²) >= 11 is 4.67. The summed E-state index contributed by atoms with van der Waals surface area (Å²) in [5, 5.41) is 42.2. The quantitative estimate of drug-likeness (QED) is 0.0124. The van der Waals surface area contributed by atoms with Gasteiger partial charge < -0.3 is 80.3 Å². The molecular weight excluding hydrogens is 1190 g/mol. The van der Waals surface area contributed by atoms with Gasteiger partial charge in [-0.2, -0.15) is 5.48 Å². The second kappa shape index (κ2) is 71.8. The van der Waals surface area contributed by atoms with Gasteiger partial charge in [0, 0.05) is 97.0 Å². The van der Waals surface area contributed by atoms with Crippen molar-refractivity contribution >= 4 is 78.5 Å². The number of amides is 6. The molecule has 88 heavy (non-hydrogen) atoms. The summed E-state index contributed by atoms with van der Waals surface area (Å²) in [6, 6.07) is -1.72. The Morgan fingerprint density at radius 3 is 1.18 bits per heavy atom. The Balaban J connectivity index is -0.00000274. The smallest absolute Gasteiger partial charge is 0.326 e. The first-order valence-electron chi connectivity index (χ1n) is 31.7. The summed E-state index contributed by atoms with van der Waals surface area (Å²) in [7, 11) is 0. The van der Waals surface area contributed by atoms with Crippen molar-refractivity contribution in [1.82, 2.24) is 42.1 Å². The van der Waals surface area contributed by atoms with Crippen molar-refractivity contribution in [3.63, 3.8) is 0 Å². The third kappa shape index (κ3) is 72.5. The predicted octanol–water partition coefficient (Wildman–Crippen LogP) is 5.05. The van der Waals surface area contributed by atoms with Gasteiger partial charge in [-0.1, -0.05) is 90.4 Å². The molecule has 0 aromatic carbocycles. The van der Waals surface area contributed by atoms with Gasteiger partial charge in [0.1, 0.15) is 17.9 Å². The van der Waals surface area contributed by atoms with Gasteiger partial charge in [-0.25, -0.2) is 4.79 Å². The van der Waals surface area contributed by atoms with Crippen LogP contribution in [0.4, 0.5) is 0 Å². The van der Waals surface area contributed by atoms with Crippen molar-refractivity contribution in [1.29, 1.82) is 0 Å². The predicted molar refractivity (Wildman–Crippen MR) is 340 cm³/mol. The van der Waals surface area contributed by atoms with Crippen molar-refractivity contribution in [2.24, 2.45) is 0 Å². The zero-order chi connectivity index (χ0) is 65.6. The van der Waals surface area contributed by atoms with Crippen LogP contribution in [0.2, 0.25) is 0 Å². The topological polar surface area (TPSA) is 386 Å². The second-order valence-corrected chi connectivity index (χ2v) is 21.5. The van der Waals surface area contributed by atoms with E-state index in [1.165, 1.54) is 58.3 Å². The number of carbonyl (C=O) groups is 9. The zero-order valence-corrected chi connectivity index (χ0v) is 54.7. The lowest BCUT2D eigenvalue weighted by Crippen LogP contribution is -2.41. The maximum atomic E-state index is 12.3. The van der Waals surface area contributed by atoms with Gasteiger partial charge >= 0.3 is 11.9 Å². The van der Waals surface area contributed by atoms with Crippen LogP contribution in [-0.2, 0) is 71.6 Å². The lowest BCUT2D eigenvalue weighted by molar-refractivity contribution is -0.142. The summed E-state index contributed by atoms with van der Waals surface area (Å²) in [6.07, 6.45) is 22.2. The van der Waals surface area contributed by atoms with Gasteiger partial charge in [-0.15, -0.1) is 0 Å². The number of ketones is 1. The van der Waals surface area contributed by atoms with Gasteiger partial charge in [0.25, 0.3) is 0 Å². The van der Waals surface area contributed by atoms with Crippen LogP contribution >= 0.6 is 24.9 Å². The van der Waals surface area contributed by atoms with E-state index in [1.54, 1.807) is 5.48 Å². The number of Topliss-reactive ketones (excluding diaryl/α,β-unsaturated/α-hetero) is 1. The Morgan fingerprint density at radius 2 is 0.818 bits per heavy atom. The first kappa shape index (κ1) is 87.9. The molecule has 6 amide bonds. The Hall–Kier alpha value is -4.27. The Morgan fingerprint density at radius 1 is 0.443 bits per heavy atom. The first-order valence-corrected chi connectivity index (χ1v) is 33.0. The Labute approximate surface area is 533 Å². The number of hydrogen-bond donors (Lipinski definition) is 13. The van der Waals surface area contributed by atoms with E-state index < -0.39 is 24.0 Å². The van der Waals surface area contributed by atoms with E-state index in [-0.39, 0.29) is 74.0 Å². The number of carboxylic acids is 2. The molecule has 0 aromatic rings. The third-order valence-electron chi connectivity index (χ3n) is 12.6. The van der Waals surface area contributed by atoms with E-state index in [0.29, 0.717) is 151 Å². The molecule has 12 N–H and O–H groups in total. The molecule has 27 nitrogen and oxygen atoms in total. The van der Waals surface area contributed by atoms with E-state index in [9.17, 15) is 48.3 Å².